The van der Waals surface area contributed by atoms with E-state index in [1.54, 1.807) is 30.8 Å². The summed E-state index contributed by atoms with van der Waals surface area (Å²) in [6.07, 6.45) is 0.841. The van der Waals surface area contributed by atoms with Gasteiger partial charge in [-0.1, -0.05) is 13.8 Å². The SMILES string of the molecule is COc1cc(C(=O)NC(CN)CC(C)C)ccc1OCc1cscn1. The van der Waals surface area contributed by atoms with Gasteiger partial charge in [0.25, 0.3) is 5.91 Å². The molecule has 1 unspecified atom stereocenters. The number of nitrogens with one attached hydrogen (secondary N) is 1. The van der Waals surface area contributed by atoms with Crippen LogP contribution in [0, 0.1) is 5.92 Å². The first kappa shape index (κ1) is 19.2. The van der Waals surface area contributed by atoms with Gasteiger partial charge in [-0.2, -0.15) is 0 Å². The Morgan fingerprint density at radius 3 is 2.76 bits per heavy atom. The molecule has 0 fully saturated rings. The smallest absolute Gasteiger partial charge is 0.251 e. The molecule has 25 heavy (non-hydrogen) atoms. The van der Waals surface area contributed by atoms with Gasteiger partial charge in [-0.15, -0.1) is 11.3 Å². The number of ether oxygens (including phenoxy) is 2. The number of hydrogen-bond acceptors (Lipinski definition) is 6. The average Bonchev–Trinajstić information content (AvgIpc) is 3.12. The maximum atomic E-state index is 12.4. The van der Waals surface area contributed by atoms with Crippen molar-refractivity contribution in [3.63, 3.8) is 0 Å². The van der Waals surface area contributed by atoms with Crippen molar-refractivity contribution in [1.82, 2.24) is 10.3 Å². The molecule has 1 aromatic heterocycles. The quantitative estimate of drug-likeness (QED) is 0.715. The zero-order valence-electron chi connectivity index (χ0n) is 14.8. The lowest BCUT2D eigenvalue weighted by Gasteiger charge is -2.19. The predicted molar refractivity (Wildman–Crippen MR) is 99.2 cm³/mol. The molecule has 0 saturated carbocycles. The molecule has 3 N–H and O–H groups in total. The van der Waals surface area contributed by atoms with E-state index in [4.69, 9.17) is 15.2 Å². The Morgan fingerprint density at radius 1 is 1.36 bits per heavy atom. The van der Waals surface area contributed by atoms with E-state index in [1.807, 2.05) is 5.38 Å². The number of amides is 1. The summed E-state index contributed by atoms with van der Waals surface area (Å²) in [5.74, 6) is 1.38. The fraction of sp³-hybridized carbons (Fsp3) is 0.444. The molecule has 1 aromatic carbocycles. The summed E-state index contributed by atoms with van der Waals surface area (Å²) in [5.41, 5.74) is 8.88. The monoisotopic (exact) mass is 363 g/mol. The number of thiazole rings is 1. The molecule has 136 valence electrons. The van der Waals surface area contributed by atoms with Crippen molar-refractivity contribution in [2.24, 2.45) is 11.7 Å². The van der Waals surface area contributed by atoms with Crippen molar-refractivity contribution in [1.29, 1.82) is 0 Å². The number of aromatic nitrogens is 1. The average molecular weight is 363 g/mol. The number of carbonyl (C=O) groups excluding carboxylic acids is 1. The zero-order valence-corrected chi connectivity index (χ0v) is 15.6. The molecular formula is C18H25N3O3S. The van der Waals surface area contributed by atoms with Crippen LogP contribution in [0.4, 0.5) is 0 Å². The number of nitrogens with two attached hydrogens (primary N) is 1. The van der Waals surface area contributed by atoms with Crippen LogP contribution in [0.3, 0.4) is 0 Å². The molecule has 0 radical (unpaired) electrons. The standard InChI is InChI=1S/C18H25N3O3S/c1-12(2)6-14(8-19)21-18(22)13-4-5-16(17(7-13)23-3)24-9-15-10-25-11-20-15/h4-5,7,10-12,14H,6,8-9,19H2,1-3H3,(H,21,22). The fourth-order valence-electron chi connectivity index (χ4n) is 2.44. The first-order valence-corrected chi connectivity index (χ1v) is 9.16. The number of nitrogens with zero attached hydrogens (tertiary/aromatic N) is 1. The number of methoxy groups -OCH3 is 1. The molecule has 0 spiro atoms. The van der Waals surface area contributed by atoms with Crippen LogP contribution in [0.15, 0.2) is 29.1 Å². The molecule has 6 nitrogen and oxygen atoms in total. The molecule has 2 rings (SSSR count). The highest BCUT2D eigenvalue weighted by atomic mass is 32.1. The lowest BCUT2D eigenvalue weighted by molar-refractivity contribution is 0.0933. The third-order valence-electron chi connectivity index (χ3n) is 3.66. The fourth-order valence-corrected chi connectivity index (χ4v) is 2.98. The minimum Gasteiger partial charge on any atom is -0.493 e. The topological polar surface area (TPSA) is 86.5 Å². The highest BCUT2D eigenvalue weighted by Crippen LogP contribution is 2.29. The minimum atomic E-state index is -0.166. The maximum absolute atomic E-state index is 12.4. The van der Waals surface area contributed by atoms with Gasteiger partial charge >= 0.3 is 0 Å². The highest BCUT2D eigenvalue weighted by molar-refractivity contribution is 7.07. The van der Waals surface area contributed by atoms with Crippen molar-refractivity contribution >= 4 is 17.2 Å². The Bertz CT molecular complexity index is 674. The normalized spacial score (nSPS) is 12.0. The lowest BCUT2D eigenvalue weighted by Crippen LogP contribution is -2.41. The van der Waals surface area contributed by atoms with Crippen molar-refractivity contribution < 1.29 is 14.3 Å². The van der Waals surface area contributed by atoms with E-state index in [2.05, 4.69) is 24.1 Å². The highest BCUT2D eigenvalue weighted by Gasteiger charge is 2.16. The molecular weight excluding hydrogens is 338 g/mol. The van der Waals surface area contributed by atoms with Gasteiger partial charge in [0.15, 0.2) is 11.5 Å². The van der Waals surface area contributed by atoms with Crippen LogP contribution in [-0.2, 0) is 6.61 Å². The molecule has 1 heterocycles. The molecule has 0 aliphatic carbocycles. The Labute approximate surface area is 152 Å². The van der Waals surface area contributed by atoms with Crippen molar-refractivity contribution in [2.75, 3.05) is 13.7 Å². The van der Waals surface area contributed by atoms with E-state index in [0.717, 1.165) is 12.1 Å². The first-order valence-electron chi connectivity index (χ1n) is 8.22. The molecule has 2 aromatic rings. The van der Waals surface area contributed by atoms with Crippen LogP contribution in [0.2, 0.25) is 0 Å². The van der Waals surface area contributed by atoms with E-state index in [1.165, 1.54) is 11.3 Å². The summed E-state index contributed by atoms with van der Waals surface area (Å²) < 4.78 is 11.1. The van der Waals surface area contributed by atoms with Gasteiger partial charge in [0.2, 0.25) is 0 Å². The number of carbonyl (C=O) groups is 1. The van der Waals surface area contributed by atoms with Gasteiger partial charge in [0, 0.05) is 23.5 Å². The summed E-state index contributed by atoms with van der Waals surface area (Å²) in [6, 6.07) is 5.09. The molecule has 0 saturated heterocycles. The second kappa shape index (κ2) is 9.39. The minimum absolute atomic E-state index is 0.0425. The molecule has 1 amide bonds. The van der Waals surface area contributed by atoms with E-state index in [9.17, 15) is 4.79 Å². The van der Waals surface area contributed by atoms with Gasteiger partial charge in [-0.05, 0) is 30.5 Å². The van der Waals surface area contributed by atoms with Gasteiger partial charge in [0.05, 0.1) is 18.3 Å². The summed E-state index contributed by atoms with van der Waals surface area (Å²) in [6.45, 7) is 4.98. The van der Waals surface area contributed by atoms with Crippen molar-refractivity contribution in [3.8, 4) is 11.5 Å². The second-order valence-electron chi connectivity index (χ2n) is 6.17. The Morgan fingerprint density at radius 2 is 2.16 bits per heavy atom. The van der Waals surface area contributed by atoms with Crippen molar-refractivity contribution in [3.05, 3.63) is 40.3 Å². The summed E-state index contributed by atoms with van der Waals surface area (Å²) in [7, 11) is 1.55. The van der Waals surface area contributed by atoms with Gasteiger partial charge in [-0.3, -0.25) is 4.79 Å². The summed E-state index contributed by atoms with van der Waals surface area (Å²) >= 11 is 1.52. The van der Waals surface area contributed by atoms with E-state index < -0.39 is 0 Å². The lowest BCUT2D eigenvalue weighted by atomic mass is 10.0. The van der Waals surface area contributed by atoms with Crippen LogP contribution in [-0.4, -0.2) is 30.6 Å². The first-order chi connectivity index (χ1) is 12.0. The van der Waals surface area contributed by atoms with Crippen molar-refractivity contribution in [2.45, 2.75) is 32.9 Å². The molecule has 1 atom stereocenters. The predicted octanol–water partition coefficient (Wildman–Crippen LogP) is 2.83. The van der Waals surface area contributed by atoms with Gasteiger partial charge in [0.1, 0.15) is 6.61 Å². The zero-order chi connectivity index (χ0) is 18.2. The van der Waals surface area contributed by atoms with Crippen LogP contribution in [0.25, 0.3) is 0 Å². The van der Waals surface area contributed by atoms with E-state index in [0.29, 0.717) is 36.1 Å². The summed E-state index contributed by atoms with van der Waals surface area (Å²) in [4.78, 5) is 16.6. The second-order valence-corrected chi connectivity index (χ2v) is 6.89. The largest absolute Gasteiger partial charge is 0.493 e. The Balaban J connectivity index is 2.05. The Hall–Kier alpha value is -2.12. The molecule has 0 aliphatic rings. The van der Waals surface area contributed by atoms with Gasteiger partial charge in [-0.25, -0.2) is 4.98 Å². The van der Waals surface area contributed by atoms with Crippen LogP contribution in [0.1, 0.15) is 36.3 Å². The maximum Gasteiger partial charge on any atom is 0.251 e. The third-order valence-corrected chi connectivity index (χ3v) is 4.30. The van der Waals surface area contributed by atoms with Crippen LogP contribution >= 0.6 is 11.3 Å². The number of benzene rings is 1. The van der Waals surface area contributed by atoms with E-state index >= 15 is 0 Å². The van der Waals surface area contributed by atoms with Gasteiger partial charge < -0.3 is 20.5 Å². The van der Waals surface area contributed by atoms with Crippen LogP contribution in [0.5, 0.6) is 11.5 Å². The summed E-state index contributed by atoms with van der Waals surface area (Å²) in [5, 5.41) is 4.90. The Kier molecular flexibility index (Phi) is 7.21. The molecule has 7 heteroatoms. The van der Waals surface area contributed by atoms with Crippen LogP contribution < -0.4 is 20.5 Å². The van der Waals surface area contributed by atoms with E-state index in [-0.39, 0.29) is 11.9 Å². The third kappa shape index (κ3) is 5.72. The molecule has 0 aliphatic heterocycles. The number of hydrogen-bond donors (Lipinski definition) is 2. The number of rotatable bonds is 9. The molecule has 0 bridgehead atoms.